The molecule has 9 atom stereocenters. The molecule has 1 saturated heterocycles. The molecule has 0 aromatic carbocycles. The van der Waals surface area contributed by atoms with Gasteiger partial charge in [0.15, 0.2) is 0 Å². The lowest BCUT2D eigenvalue weighted by molar-refractivity contribution is -0.147. The number of nitrogens with one attached hydrogen (secondary N) is 2. The Hall–Kier alpha value is -5.76. The lowest BCUT2D eigenvalue weighted by atomic mass is 9.55. The summed E-state index contributed by atoms with van der Waals surface area (Å²) in [5, 5.41) is 29.8. The minimum Gasteiger partial charge on any atom is -0.469 e. The summed E-state index contributed by atoms with van der Waals surface area (Å²) in [7, 11) is 7.72. The molecule has 5 aliphatic rings. The van der Waals surface area contributed by atoms with Crippen LogP contribution in [0, 0.1) is 39.4 Å². The number of aliphatic imine (C=N–C) groups is 3. The minimum absolute atomic E-state index is 0.00934. The monoisotopic (exact) mass is 1070 g/mol. The topological polar surface area (TPSA) is 276 Å². The van der Waals surface area contributed by atoms with E-state index in [1.807, 2.05) is 48.5 Å². The fourth-order valence-corrected chi connectivity index (χ4v) is 12.9. The summed E-state index contributed by atoms with van der Waals surface area (Å²) in [5.74, 6) is -5.65. The van der Waals surface area contributed by atoms with Gasteiger partial charge in [-0.05, 0) is 82.9 Å². The van der Waals surface area contributed by atoms with Crippen LogP contribution in [0.4, 0.5) is 0 Å². The van der Waals surface area contributed by atoms with E-state index in [0.717, 1.165) is 0 Å². The van der Waals surface area contributed by atoms with Gasteiger partial charge in [0.25, 0.3) is 0 Å². The number of hydrogen-bond acceptors (Lipinski definition) is 19. The van der Waals surface area contributed by atoms with Gasteiger partial charge in [-0.25, -0.2) is 0 Å². The number of methoxy groups -OCH3 is 6. The molecule has 8 bridgehead atoms. The summed E-state index contributed by atoms with van der Waals surface area (Å²) < 4.78 is 31.5. The van der Waals surface area contributed by atoms with Gasteiger partial charge in [0, 0.05) is 113 Å². The molecule has 5 rings (SSSR count). The van der Waals surface area contributed by atoms with Crippen LogP contribution in [-0.4, -0.2) is 142 Å². The van der Waals surface area contributed by atoms with E-state index in [9.17, 15) is 43.8 Å². The number of aliphatic hydroxyl groups is 2. The Morgan fingerprint density at radius 1 is 0.684 bits per heavy atom. The second-order valence-corrected chi connectivity index (χ2v) is 22.4. The summed E-state index contributed by atoms with van der Waals surface area (Å²) in [6, 6.07) is -0.952. The average Bonchev–Trinajstić information content (AvgIpc) is 3.99. The third-order valence-electron chi connectivity index (χ3n) is 18.0. The number of allylic oxidation sites excluding steroid dienone is 4. The van der Waals surface area contributed by atoms with E-state index in [2.05, 4.69) is 10.6 Å². The van der Waals surface area contributed by atoms with Gasteiger partial charge in [-0.2, -0.15) is 0 Å². The number of carbonyl (C=O) groups is 7. The highest BCUT2D eigenvalue weighted by atomic mass is 16.5. The molecule has 1 amide bonds. The first-order valence-electron chi connectivity index (χ1n) is 26.4. The Morgan fingerprint density at radius 2 is 1.24 bits per heavy atom. The molecule has 1 fully saturated rings. The Balaban J connectivity index is 2.04. The Kier molecular flexibility index (Phi) is 19.5. The van der Waals surface area contributed by atoms with Crippen LogP contribution in [0.5, 0.6) is 0 Å². The minimum atomic E-state index is -2.02. The Morgan fingerprint density at radius 3 is 1.80 bits per heavy atom. The van der Waals surface area contributed by atoms with Crippen molar-refractivity contribution in [2.24, 2.45) is 54.4 Å². The molecule has 0 spiro atoms. The van der Waals surface area contributed by atoms with Crippen molar-refractivity contribution >= 4 is 58.9 Å². The molecule has 5 heterocycles. The van der Waals surface area contributed by atoms with Crippen molar-refractivity contribution in [1.29, 1.82) is 0 Å². The van der Waals surface area contributed by atoms with Crippen molar-refractivity contribution in [3.63, 3.8) is 0 Å². The third-order valence-corrected chi connectivity index (χ3v) is 18.0. The van der Waals surface area contributed by atoms with E-state index in [4.69, 9.17) is 43.4 Å². The zero-order chi connectivity index (χ0) is 56.8. The van der Waals surface area contributed by atoms with E-state index in [-0.39, 0.29) is 89.5 Å². The molecule has 4 N–H and O–H groups in total. The number of hydrogen-bond donors (Lipinski definition) is 4. The molecule has 5 aliphatic heterocycles. The normalized spacial score (nSPS) is 31.1. The van der Waals surface area contributed by atoms with Crippen LogP contribution in [0.3, 0.4) is 0 Å². The largest absolute Gasteiger partial charge is 0.469 e. The second-order valence-electron chi connectivity index (χ2n) is 22.4. The van der Waals surface area contributed by atoms with E-state index in [1.165, 1.54) is 42.7 Å². The van der Waals surface area contributed by atoms with Crippen LogP contribution < -0.4 is 10.6 Å². The molecule has 0 aromatic rings. The van der Waals surface area contributed by atoms with Crippen molar-refractivity contribution in [1.82, 2.24) is 10.6 Å². The van der Waals surface area contributed by atoms with E-state index in [1.54, 1.807) is 13.0 Å². The number of esters is 6. The van der Waals surface area contributed by atoms with E-state index >= 15 is 0 Å². The smallest absolute Gasteiger partial charge is 0.306 e. The maximum absolute atomic E-state index is 14.5. The maximum atomic E-state index is 14.5. The molecule has 76 heavy (non-hydrogen) atoms. The zero-order valence-electron chi connectivity index (χ0n) is 47.2. The van der Waals surface area contributed by atoms with Crippen molar-refractivity contribution in [2.75, 3.05) is 55.8 Å². The lowest BCUT2D eigenvalue weighted by Crippen LogP contribution is -2.55. The molecule has 0 aromatic heterocycles. The Bertz CT molecular complexity index is 2490. The summed E-state index contributed by atoms with van der Waals surface area (Å²) in [6.45, 7) is 15.4. The van der Waals surface area contributed by atoms with Gasteiger partial charge in [0.1, 0.15) is 5.60 Å². The van der Waals surface area contributed by atoms with Crippen LogP contribution in [0.2, 0.25) is 0 Å². The first-order valence-corrected chi connectivity index (χ1v) is 26.4. The number of aliphatic hydroxyl groups excluding tert-OH is 1. The molecule has 422 valence electrons. The van der Waals surface area contributed by atoms with Gasteiger partial charge in [-0.3, -0.25) is 48.5 Å². The van der Waals surface area contributed by atoms with Crippen LogP contribution in [-0.2, 0) is 62.0 Å². The average molecular weight is 1070 g/mol. The van der Waals surface area contributed by atoms with Gasteiger partial charge in [-0.15, -0.1) is 0 Å². The molecule has 0 radical (unpaired) electrons. The quantitative estimate of drug-likeness (QED) is 0.0538. The van der Waals surface area contributed by atoms with Gasteiger partial charge in [0.2, 0.25) is 5.91 Å². The van der Waals surface area contributed by atoms with Crippen LogP contribution in [0.1, 0.15) is 145 Å². The van der Waals surface area contributed by atoms with Gasteiger partial charge in [0.05, 0.1) is 72.5 Å². The third kappa shape index (κ3) is 11.4. The summed E-state index contributed by atoms with van der Waals surface area (Å²) in [6.07, 6.45) is 2.65. The fraction of sp³-hybridized carbons (Fsp3) is 0.714. The highest BCUT2D eigenvalue weighted by Crippen LogP contribution is 2.63. The van der Waals surface area contributed by atoms with Gasteiger partial charge >= 0.3 is 35.8 Å². The number of unbranched alkanes of at least 4 members (excludes halogenated alkanes) is 2. The standard InChI is InChI=1S/C56H83N5O15/c1-32-46-34(18-20-40(64)71-9)51(3,4)37(58-46)29-38-56(70,25-23-43(67)74-12)54(7,30-39(63)57-26-16-15-17-27-62)49(59-38)33(2)47-35(19-21-41(65)72-10)53(6,31-45(69)76-14)55(8,61-47)50-36(28-44(68)75-13)52(5,48(32)60-50)24-22-42(66)73-11/h29,34-36,50,59,62,70H,15-28,30-31H2,1-14H3,(H,57,63)/b38-29?,46-32?,49-33-/t34-,35-,36+,50?,52-,53+,54-,55+,56+/m1/s1. The first kappa shape index (κ1) is 61.1. The van der Waals surface area contributed by atoms with Crippen LogP contribution >= 0.6 is 0 Å². The molecule has 20 nitrogen and oxygen atoms in total. The molecule has 20 heteroatoms. The van der Waals surface area contributed by atoms with Crippen LogP contribution in [0.25, 0.3) is 0 Å². The van der Waals surface area contributed by atoms with Crippen LogP contribution in [0.15, 0.2) is 49.3 Å². The zero-order valence-corrected chi connectivity index (χ0v) is 47.2. The predicted molar refractivity (Wildman–Crippen MR) is 281 cm³/mol. The first-order chi connectivity index (χ1) is 35.7. The van der Waals surface area contributed by atoms with Crippen molar-refractivity contribution in [3.8, 4) is 0 Å². The number of amides is 1. The molecule has 0 aliphatic carbocycles. The SMILES string of the molecule is COC(=O)CC[C@@H]1C2=C(C)C3=NC([C@H](CC(=O)OC)[C@@]3(C)CCC(=O)OC)[C@]3(C)N=C(/C(C)=C4\NC(=CC(=N2)C1(C)C)[C@@](O)(CCC(=O)OC)[C@]4(C)CC(=O)NCCCCCO)[C@@H](CCC(=O)OC)[C@]3(C)CC(=O)OC. The lowest BCUT2D eigenvalue weighted by Gasteiger charge is -2.48. The molecule has 1 unspecified atom stereocenters. The molecule has 0 saturated carbocycles. The fourth-order valence-electron chi connectivity index (χ4n) is 12.9. The van der Waals surface area contributed by atoms with Gasteiger partial charge in [-0.1, -0.05) is 34.6 Å². The number of rotatable bonds is 23. The highest BCUT2D eigenvalue weighted by molar-refractivity contribution is 6.10. The molecular weight excluding hydrogens is 983 g/mol. The number of fused-ring (bicyclic) bond motifs is 6. The van der Waals surface area contributed by atoms with Crippen molar-refractivity contribution < 1.29 is 72.2 Å². The number of nitrogens with zero attached hydrogens (tertiary/aromatic N) is 3. The van der Waals surface area contributed by atoms with Gasteiger partial charge < -0.3 is 49.3 Å². The second kappa shape index (κ2) is 24.3. The predicted octanol–water partition coefficient (Wildman–Crippen LogP) is 5.76. The number of carbonyl (C=O) groups excluding carboxylic acids is 7. The van der Waals surface area contributed by atoms with E-state index < -0.39 is 98.3 Å². The highest BCUT2D eigenvalue weighted by Gasteiger charge is 2.67. The summed E-state index contributed by atoms with van der Waals surface area (Å²) in [5.41, 5.74) is -4.66. The summed E-state index contributed by atoms with van der Waals surface area (Å²) in [4.78, 5) is 112. The molecular formula is C56H83N5O15. The van der Waals surface area contributed by atoms with Crippen molar-refractivity contribution in [2.45, 2.75) is 162 Å². The van der Waals surface area contributed by atoms with E-state index in [0.29, 0.717) is 58.9 Å². The van der Waals surface area contributed by atoms with Crippen molar-refractivity contribution in [3.05, 3.63) is 34.3 Å². The maximum Gasteiger partial charge on any atom is 0.306 e. The summed E-state index contributed by atoms with van der Waals surface area (Å²) >= 11 is 0. The number of ether oxygens (including phenoxy) is 6. The Labute approximate surface area is 447 Å².